The molecule has 3 aromatic rings. The van der Waals surface area contributed by atoms with Crippen LogP contribution in [0.5, 0.6) is 0 Å². The molecule has 0 unspecified atom stereocenters. The molecule has 0 amide bonds. The number of hydrogen-bond donors (Lipinski definition) is 2. The van der Waals surface area contributed by atoms with Crippen molar-refractivity contribution in [3.63, 3.8) is 0 Å². The molecule has 0 spiro atoms. The van der Waals surface area contributed by atoms with Crippen LogP contribution in [0.15, 0.2) is 72.0 Å². The number of hydrazone groups is 1. The summed E-state index contributed by atoms with van der Waals surface area (Å²) in [5, 5.41) is 13.9. The number of nitrogens with one attached hydrogen (secondary N) is 2. The van der Waals surface area contributed by atoms with Gasteiger partial charge in [-0.15, -0.1) is 0 Å². The van der Waals surface area contributed by atoms with Gasteiger partial charge >= 0.3 is 0 Å². The molecule has 0 aliphatic heterocycles. The zero-order valence-electron chi connectivity index (χ0n) is 12.2. The van der Waals surface area contributed by atoms with Crippen LogP contribution in [0, 0.1) is 5.41 Å². The summed E-state index contributed by atoms with van der Waals surface area (Å²) in [6.07, 6.45) is 1.76. The Morgan fingerprint density at radius 3 is 2.55 bits per heavy atom. The van der Waals surface area contributed by atoms with Crippen molar-refractivity contribution >= 4 is 22.3 Å². The molecule has 2 aromatic carbocycles. The molecular weight excluding hydrogens is 272 g/mol. The average molecular weight is 288 g/mol. The molecular formula is C18H16N4. The molecule has 0 atom stereocenters. The summed E-state index contributed by atoms with van der Waals surface area (Å²) in [5.41, 5.74) is 6.27. The minimum atomic E-state index is 0.369. The van der Waals surface area contributed by atoms with Gasteiger partial charge < -0.3 is 5.43 Å². The van der Waals surface area contributed by atoms with E-state index in [2.05, 4.69) is 15.5 Å². The summed E-state index contributed by atoms with van der Waals surface area (Å²) < 4.78 is 0. The molecule has 0 radical (unpaired) electrons. The van der Waals surface area contributed by atoms with Crippen LogP contribution in [0.25, 0.3) is 10.9 Å². The maximum atomic E-state index is 8.50. The maximum Gasteiger partial charge on any atom is 0.118 e. The van der Waals surface area contributed by atoms with E-state index >= 15 is 0 Å². The number of nitrogens with zero attached hydrogens (tertiary/aromatic N) is 2. The summed E-state index contributed by atoms with van der Waals surface area (Å²) in [6.45, 7) is 0. The molecule has 1 aromatic heterocycles. The van der Waals surface area contributed by atoms with E-state index in [0.717, 1.165) is 22.0 Å². The molecule has 0 saturated heterocycles. The van der Waals surface area contributed by atoms with E-state index in [0.29, 0.717) is 11.4 Å². The second-order valence-corrected chi connectivity index (χ2v) is 4.81. The molecule has 0 aliphatic rings. The van der Waals surface area contributed by atoms with E-state index in [-0.39, 0.29) is 0 Å². The van der Waals surface area contributed by atoms with Crippen molar-refractivity contribution in [1.29, 1.82) is 5.41 Å². The largest absolute Gasteiger partial charge is 0.312 e. The second kappa shape index (κ2) is 6.18. The molecule has 0 fully saturated rings. The fraction of sp³-hybridized carbons (Fsp3) is 0.0556. The fourth-order valence-electron chi connectivity index (χ4n) is 2.40. The SMILES string of the molecule is CN/N=C(\C(=N)c1ccccc1)c1cccc2cccnc12. The lowest BCUT2D eigenvalue weighted by atomic mass is 9.98. The molecule has 0 aliphatic carbocycles. The van der Waals surface area contributed by atoms with Crippen LogP contribution in [0.2, 0.25) is 0 Å². The molecule has 3 rings (SSSR count). The standard InChI is InChI=1S/C18H16N4/c1-20-22-18(16(19)13-7-3-2-4-8-13)15-11-5-9-14-10-6-12-21-17(14)15/h2-12,19-20H,1H3/b19-16?,22-18-. The molecule has 0 bridgehead atoms. The van der Waals surface area contributed by atoms with Crippen LogP contribution in [0.1, 0.15) is 11.1 Å². The van der Waals surface area contributed by atoms with Crippen molar-refractivity contribution in [2.24, 2.45) is 5.10 Å². The minimum absolute atomic E-state index is 0.369. The first-order valence-corrected chi connectivity index (χ1v) is 7.04. The third-order valence-electron chi connectivity index (χ3n) is 3.41. The van der Waals surface area contributed by atoms with Crippen molar-refractivity contribution in [1.82, 2.24) is 10.4 Å². The predicted octanol–water partition coefficient (Wildman–Crippen LogP) is 3.23. The molecule has 22 heavy (non-hydrogen) atoms. The highest BCUT2D eigenvalue weighted by atomic mass is 15.3. The Balaban J connectivity index is 2.16. The first-order chi connectivity index (χ1) is 10.8. The molecule has 1 heterocycles. The van der Waals surface area contributed by atoms with Crippen LogP contribution in [-0.2, 0) is 0 Å². The van der Waals surface area contributed by atoms with Gasteiger partial charge in [0.2, 0.25) is 0 Å². The molecule has 4 nitrogen and oxygen atoms in total. The lowest BCUT2D eigenvalue weighted by molar-refractivity contribution is 0.904. The maximum absolute atomic E-state index is 8.50. The highest BCUT2D eigenvalue weighted by Crippen LogP contribution is 2.18. The van der Waals surface area contributed by atoms with Gasteiger partial charge in [0.25, 0.3) is 0 Å². The Morgan fingerprint density at radius 2 is 1.77 bits per heavy atom. The Morgan fingerprint density at radius 1 is 1.00 bits per heavy atom. The monoisotopic (exact) mass is 288 g/mol. The number of hydrogen-bond acceptors (Lipinski definition) is 4. The van der Waals surface area contributed by atoms with Gasteiger partial charge in [-0.1, -0.05) is 54.6 Å². The predicted molar refractivity (Wildman–Crippen MR) is 90.6 cm³/mol. The number of para-hydroxylation sites is 1. The average Bonchev–Trinajstić information content (AvgIpc) is 2.59. The summed E-state index contributed by atoms with van der Waals surface area (Å²) in [5.74, 6) is 0. The first kappa shape index (κ1) is 13.9. The van der Waals surface area contributed by atoms with Crippen LogP contribution in [0.4, 0.5) is 0 Å². The van der Waals surface area contributed by atoms with Gasteiger partial charge in [0.1, 0.15) is 5.71 Å². The van der Waals surface area contributed by atoms with Gasteiger partial charge in [0.05, 0.1) is 11.2 Å². The van der Waals surface area contributed by atoms with Gasteiger partial charge in [-0.05, 0) is 6.07 Å². The lowest BCUT2D eigenvalue weighted by Gasteiger charge is -2.11. The molecule has 0 saturated carbocycles. The topological polar surface area (TPSA) is 61.1 Å². The van der Waals surface area contributed by atoms with Gasteiger partial charge in [-0.2, -0.15) is 5.10 Å². The smallest absolute Gasteiger partial charge is 0.118 e. The highest BCUT2D eigenvalue weighted by molar-refractivity contribution is 6.53. The number of benzene rings is 2. The highest BCUT2D eigenvalue weighted by Gasteiger charge is 2.15. The lowest BCUT2D eigenvalue weighted by Crippen LogP contribution is -2.19. The number of aromatic nitrogens is 1. The number of rotatable bonds is 4. The van der Waals surface area contributed by atoms with E-state index in [4.69, 9.17) is 5.41 Å². The zero-order valence-corrected chi connectivity index (χ0v) is 12.2. The number of pyridine rings is 1. The molecule has 4 heteroatoms. The number of fused-ring (bicyclic) bond motifs is 1. The molecule has 2 N–H and O–H groups in total. The van der Waals surface area contributed by atoms with E-state index in [9.17, 15) is 0 Å². The van der Waals surface area contributed by atoms with Crippen molar-refractivity contribution in [3.05, 3.63) is 78.0 Å². The third-order valence-corrected chi connectivity index (χ3v) is 3.41. The van der Waals surface area contributed by atoms with Crippen molar-refractivity contribution < 1.29 is 0 Å². The Labute approximate surface area is 129 Å². The van der Waals surface area contributed by atoms with Gasteiger partial charge in [0.15, 0.2) is 0 Å². The van der Waals surface area contributed by atoms with Gasteiger partial charge in [-0.3, -0.25) is 10.4 Å². The zero-order chi connectivity index (χ0) is 15.4. The van der Waals surface area contributed by atoms with Crippen LogP contribution < -0.4 is 5.43 Å². The Kier molecular flexibility index (Phi) is 3.92. The third kappa shape index (κ3) is 2.59. The quantitative estimate of drug-likeness (QED) is 0.572. The minimum Gasteiger partial charge on any atom is -0.312 e. The Bertz CT molecular complexity index is 833. The van der Waals surface area contributed by atoms with Crippen molar-refractivity contribution in [3.8, 4) is 0 Å². The summed E-state index contributed by atoms with van der Waals surface area (Å²) >= 11 is 0. The van der Waals surface area contributed by atoms with Crippen molar-refractivity contribution in [2.45, 2.75) is 0 Å². The second-order valence-electron chi connectivity index (χ2n) is 4.81. The normalized spacial score (nSPS) is 11.4. The Hall–Kier alpha value is -3.01. The van der Waals surface area contributed by atoms with Gasteiger partial charge in [-0.25, -0.2) is 0 Å². The van der Waals surface area contributed by atoms with E-state index in [1.807, 2.05) is 60.7 Å². The summed E-state index contributed by atoms with van der Waals surface area (Å²) in [4.78, 5) is 4.46. The fourth-order valence-corrected chi connectivity index (χ4v) is 2.40. The van der Waals surface area contributed by atoms with Crippen LogP contribution in [-0.4, -0.2) is 23.5 Å². The van der Waals surface area contributed by atoms with Gasteiger partial charge in [0, 0.05) is 29.8 Å². The van der Waals surface area contributed by atoms with Crippen LogP contribution >= 0.6 is 0 Å². The first-order valence-electron chi connectivity index (χ1n) is 7.04. The summed E-state index contributed by atoms with van der Waals surface area (Å²) in [7, 11) is 1.73. The summed E-state index contributed by atoms with van der Waals surface area (Å²) in [6, 6.07) is 19.4. The van der Waals surface area contributed by atoms with Crippen LogP contribution in [0.3, 0.4) is 0 Å². The van der Waals surface area contributed by atoms with E-state index in [1.54, 1.807) is 13.2 Å². The molecule has 108 valence electrons. The van der Waals surface area contributed by atoms with E-state index in [1.165, 1.54) is 0 Å². The van der Waals surface area contributed by atoms with E-state index < -0.39 is 0 Å². The van der Waals surface area contributed by atoms with Crippen molar-refractivity contribution in [2.75, 3.05) is 7.05 Å².